The van der Waals surface area contributed by atoms with Gasteiger partial charge >= 0.3 is 0 Å². The number of nitrogens with one attached hydrogen (secondary N) is 5. The number of carbonyl (C=O) groups is 3. The van der Waals surface area contributed by atoms with Crippen molar-refractivity contribution in [2.24, 2.45) is 0 Å². The lowest BCUT2D eigenvalue weighted by molar-refractivity contribution is -0.132. The minimum Gasteiger partial charge on any atom is -0.361 e. The van der Waals surface area contributed by atoms with Crippen LogP contribution in [-0.2, 0) is 33.6 Å². The monoisotopic (exact) mass is 563 g/mol. The van der Waals surface area contributed by atoms with Gasteiger partial charge in [-0.2, -0.15) is 0 Å². The molecular weight excluding hydrogens is 526 g/mol. The lowest BCUT2D eigenvalue weighted by Gasteiger charge is -2.23. The van der Waals surface area contributed by atoms with Crippen molar-refractivity contribution in [2.75, 3.05) is 6.54 Å². The smallest absolute Gasteiger partial charge is 0.243 e. The van der Waals surface area contributed by atoms with Gasteiger partial charge in [0.25, 0.3) is 0 Å². The fraction of sp³-hybridized carbons (Fsp3) is 0.265. The summed E-state index contributed by atoms with van der Waals surface area (Å²) >= 11 is 0. The van der Waals surface area contributed by atoms with Crippen molar-refractivity contribution in [3.8, 4) is 0 Å². The molecule has 5 aromatic rings. The van der Waals surface area contributed by atoms with Crippen LogP contribution in [0.1, 0.15) is 36.5 Å². The van der Waals surface area contributed by atoms with Gasteiger partial charge in [0.2, 0.25) is 17.7 Å². The van der Waals surface area contributed by atoms with Crippen LogP contribution in [0.25, 0.3) is 21.8 Å². The maximum atomic E-state index is 13.7. The second kappa shape index (κ2) is 13.7. The van der Waals surface area contributed by atoms with Crippen LogP contribution in [0.4, 0.5) is 0 Å². The maximum absolute atomic E-state index is 13.7. The average Bonchev–Trinajstić information content (AvgIpc) is 3.61. The highest BCUT2D eigenvalue weighted by molar-refractivity contribution is 5.93. The lowest BCUT2D eigenvalue weighted by atomic mass is 10.0. The Labute approximate surface area is 245 Å². The molecule has 2 heterocycles. The van der Waals surface area contributed by atoms with Crippen LogP contribution in [0.2, 0.25) is 0 Å². The van der Waals surface area contributed by atoms with Crippen molar-refractivity contribution in [1.82, 2.24) is 25.9 Å². The molecule has 0 aliphatic carbocycles. The molecule has 3 amide bonds. The highest BCUT2D eigenvalue weighted by atomic mass is 16.2. The number of hydrogen-bond donors (Lipinski definition) is 5. The summed E-state index contributed by atoms with van der Waals surface area (Å²) in [6.45, 7) is 2.34. The van der Waals surface area contributed by atoms with E-state index in [-0.39, 0.29) is 17.7 Å². The Morgan fingerprint density at radius 2 is 1.29 bits per heavy atom. The first-order chi connectivity index (χ1) is 20.5. The molecule has 0 saturated heterocycles. The zero-order chi connectivity index (χ0) is 29.3. The summed E-state index contributed by atoms with van der Waals surface area (Å²) in [5.41, 5.74) is 4.98. The molecule has 0 aliphatic rings. The van der Waals surface area contributed by atoms with E-state index in [4.69, 9.17) is 0 Å². The number of benzene rings is 3. The minimum atomic E-state index is -0.832. The molecule has 42 heavy (non-hydrogen) atoms. The van der Waals surface area contributed by atoms with E-state index >= 15 is 0 Å². The van der Waals surface area contributed by atoms with Gasteiger partial charge in [0.05, 0.1) is 0 Å². The fourth-order valence-electron chi connectivity index (χ4n) is 5.34. The first kappa shape index (κ1) is 28.7. The van der Waals surface area contributed by atoms with Crippen molar-refractivity contribution in [3.05, 3.63) is 108 Å². The van der Waals surface area contributed by atoms with Crippen molar-refractivity contribution in [3.63, 3.8) is 0 Å². The quantitative estimate of drug-likeness (QED) is 0.144. The summed E-state index contributed by atoms with van der Waals surface area (Å²) in [6.07, 6.45) is 6.12. The van der Waals surface area contributed by atoms with Gasteiger partial charge in [0.1, 0.15) is 12.1 Å². The molecule has 2 aromatic heterocycles. The number of para-hydroxylation sites is 2. The number of fused-ring (bicyclic) bond motifs is 2. The van der Waals surface area contributed by atoms with Gasteiger partial charge in [-0.05, 0) is 41.7 Å². The SMILES string of the molecule is CCCC(=O)N[C@H](Cc1ccccc1)C(=O)N[C@H](Cc1c[nH]c2ccccc12)C(=O)NCCc1c[nH]c2ccccc12. The molecule has 8 heteroatoms. The number of H-pyrrole nitrogens is 2. The number of amides is 3. The molecule has 2 atom stereocenters. The third kappa shape index (κ3) is 7.07. The van der Waals surface area contributed by atoms with Crippen LogP contribution in [0.15, 0.2) is 91.3 Å². The third-order valence-corrected chi connectivity index (χ3v) is 7.51. The van der Waals surface area contributed by atoms with Crippen LogP contribution in [-0.4, -0.2) is 46.3 Å². The third-order valence-electron chi connectivity index (χ3n) is 7.51. The first-order valence-electron chi connectivity index (χ1n) is 14.5. The molecule has 5 N–H and O–H groups in total. The van der Waals surface area contributed by atoms with Crippen LogP contribution < -0.4 is 16.0 Å². The van der Waals surface area contributed by atoms with Crippen LogP contribution in [0, 0.1) is 0 Å². The second-order valence-electron chi connectivity index (χ2n) is 10.6. The van der Waals surface area contributed by atoms with Gasteiger partial charge in [0, 0.05) is 60.0 Å². The molecule has 3 aromatic carbocycles. The highest BCUT2D eigenvalue weighted by Crippen LogP contribution is 2.20. The zero-order valence-electron chi connectivity index (χ0n) is 23.8. The number of aromatic nitrogens is 2. The van der Waals surface area contributed by atoms with Gasteiger partial charge in [-0.1, -0.05) is 73.7 Å². The van der Waals surface area contributed by atoms with E-state index in [1.54, 1.807) is 0 Å². The zero-order valence-corrected chi connectivity index (χ0v) is 23.8. The van der Waals surface area contributed by atoms with Gasteiger partial charge in [-0.15, -0.1) is 0 Å². The predicted molar refractivity (Wildman–Crippen MR) is 166 cm³/mol. The summed E-state index contributed by atoms with van der Waals surface area (Å²) in [5.74, 6) is -0.850. The van der Waals surface area contributed by atoms with Crippen LogP contribution in [0.3, 0.4) is 0 Å². The molecule has 0 saturated carbocycles. The molecule has 0 fully saturated rings. The van der Waals surface area contributed by atoms with E-state index in [9.17, 15) is 14.4 Å². The molecule has 0 radical (unpaired) electrons. The van der Waals surface area contributed by atoms with Crippen LogP contribution in [0.5, 0.6) is 0 Å². The molecule has 216 valence electrons. The van der Waals surface area contributed by atoms with E-state index < -0.39 is 12.1 Å². The summed E-state index contributed by atoms with van der Waals surface area (Å²) in [7, 11) is 0. The minimum absolute atomic E-state index is 0.190. The average molecular weight is 564 g/mol. The molecule has 8 nitrogen and oxygen atoms in total. The Morgan fingerprint density at radius 1 is 0.690 bits per heavy atom. The molecular formula is C34H37N5O3. The number of aromatic amines is 2. The standard InChI is InChI=1S/C34H37N5O3/c1-2-10-32(40)38-30(19-23-11-4-3-5-12-23)34(42)39-31(20-25-22-37-29-16-9-7-14-27(25)29)33(41)35-18-17-24-21-36-28-15-8-6-13-26(24)28/h3-9,11-16,21-22,30-31,36-37H,2,10,17-20H2,1H3,(H,35,41)(H,38,40)(H,39,42)/t30-,31-/m1/s1. The van der Waals surface area contributed by atoms with Crippen molar-refractivity contribution >= 4 is 39.5 Å². The van der Waals surface area contributed by atoms with Gasteiger partial charge in [0.15, 0.2) is 0 Å². The Morgan fingerprint density at radius 3 is 1.98 bits per heavy atom. The fourth-order valence-corrected chi connectivity index (χ4v) is 5.34. The largest absolute Gasteiger partial charge is 0.361 e. The van der Waals surface area contributed by atoms with Gasteiger partial charge in [-0.3, -0.25) is 14.4 Å². The Balaban J connectivity index is 1.33. The Hall–Kier alpha value is -4.85. The molecule has 0 bridgehead atoms. The summed E-state index contributed by atoms with van der Waals surface area (Å²) < 4.78 is 0. The highest BCUT2D eigenvalue weighted by Gasteiger charge is 2.28. The van der Waals surface area contributed by atoms with Gasteiger partial charge < -0.3 is 25.9 Å². The van der Waals surface area contributed by atoms with Crippen LogP contribution >= 0.6 is 0 Å². The topological polar surface area (TPSA) is 119 Å². The number of carbonyl (C=O) groups excluding carboxylic acids is 3. The first-order valence-corrected chi connectivity index (χ1v) is 14.5. The summed E-state index contributed by atoms with van der Waals surface area (Å²) in [6, 6.07) is 23.9. The molecule has 5 rings (SSSR count). The number of hydrogen-bond acceptors (Lipinski definition) is 3. The van der Waals surface area contributed by atoms with E-state index in [1.807, 2.05) is 92.1 Å². The summed E-state index contributed by atoms with van der Waals surface area (Å²) in [5, 5.41) is 11.0. The van der Waals surface area contributed by atoms with E-state index in [0.29, 0.717) is 38.6 Å². The maximum Gasteiger partial charge on any atom is 0.243 e. The predicted octanol–water partition coefficient (Wildman–Crippen LogP) is 4.56. The van der Waals surface area contributed by atoms with E-state index in [0.717, 1.165) is 38.5 Å². The molecule has 0 spiro atoms. The lowest BCUT2D eigenvalue weighted by Crippen LogP contribution is -2.55. The normalized spacial score (nSPS) is 12.6. The van der Waals surface area contributed by atoms with Crippen molar-refractivity contribution in [1.29, 1.82) is 0 Å². The summed E-state index contributed by atoms with van der Waals surface area (Å²) in [4.78, 5) is 46.4. The van der Waals surface area contributed by atoms with Gasteiger partial charge in [-0.25, -0.2) is 0 Å². The molecule has 0 unspecified atom stereocenters. The van der Waals surface area contributed by atoms with Crippen molar-refractivity contribution < 1.29 is 14.4 Å². The van der Waals surface area contributed by atoms with E-state index in [1.165, 1.54) is 0 Å². The van der Waals surface area contributed by atoms with E-state index in [2.05, 4.69) is 32.0 Å². The number of rotatable bonds is 13. The second-order valence-corrected chi connectivity index (χ2v) is 10.6. The van der Waals surface area contributed by atoms with Crippen molar-refractivity contribution in [2.45, 2.75) is 51.1 Å². The Kier molecular flexibility index (Phi) is 9.33. The molecule has 0 aliphatic heterocycles. The Bertz CT molecular complexity index is 1660.